The highest BCUT2D eigenvalue weighted by Crippen LogP contribution is 2.26. The number of halogens is 2. The maximum Gasteiger partial charge on any atom is 0.136 e. The third kappa shape index (κ3) is 3.20. The van der Waals surface area contributed by atoms with Gasteiger partial charge in [0.2, 0.25) is 0 Å². The standard InChI is InChI=1S/C13H11F2NS/c14-10-5-9(6-11(16)7-10)8-17-13-4-2-1-3-12(13)15/h1-7H,8,16H2. The normalized spacial score (nSPS) is 10.5. The molecular weight excluding hydrogens is 240 g/mol. The molecule has 0 heterocycles. The van der Waals surface area contributed by atoms with Crippen molar-refractivity contribution in [3.05, 3.63) is 59.7 Å². The zero-order valence-corrected chi connectivity index (χ0v) is 9.81. The van der Waals surface area contributed by atoms with E-state index in [0.29, 0.717) is 16.3 Å². The summed E-state index contributed by atoms with van der Waals surface area (Å²) in [4.78, 5) is 0.551. The van der Waals surface area contributed by atoms with Gasteiger partial charge in [0, 0.05) is 16.3 Å². The molecule has 2 rings (SSSR count). The second-order valence-corrected chi connectivity index (χ2v) is 4.63. The van der Waals surface area contributed by atoms with Crippen molar-refractivity contribution in [1.29, 1.82) is 0 Å². The van der Waals surface area contributed by atoms with E-state index in [1.807, 2.05) is 0 Å². The summed E-state index contributed by atoms with van der Waals surface area (Å²) in [7, 11) is 0. The largest absolute Gasteiger partial charge is 0.399 e. The molecule has 0 radical (unpaired) electrons. The topological polar surface area (TPSA) is 26.0 Å². The van der Waals surface area contributed by atoms with Crippen molar-refractivity contribution in [2.75, 3.05) is 5.73 Å². The average Bonchev–Trinajstić information content (AvgIpc) is 2.27. The van der Waals surface area contributed by atoms with Crippen LogP contribution in [0.3, 0.4) is 0 Å². The van der Waals surface area contributed by atoms with E-state index in [0.717, 1.165) is 5.56 Å². The Balaban J connectivity index is 2.10. The van der Waals surface area contributed by atoms with Crippen LogP contribution in [0.2, 0.25) is 0 Å². The second kappa shape index (κ2) is 5.19. The molecule has 0 unspecified atom stereocenters. The lowest BCUT2D eigenvalue weighted by Crippen LogP contribution is -1.90. The summed E-state index contributed by atoms with van der Waals surface area (Å²) in [6.07, 6.45) is 0. The zero-order valence-electron chi connectivity index (χ0n) is 8.99. The molecule has 0 saturated heterocycles. The van der Waals surface area contributed by atoms with Gasteiger partial charge in [-0.1, -0.05) is 12.1 Å². The van der Waals surface area contributed by atoms with E-state index >= 15 is 0 Å². The van der Waals surface area contributed by atoms with Crippen molar-refractivity contribution in [3.8, 4) is 0 Å². The zero-order chi connectivity index (χ0) is 12.3. The van der Waals surface area contributed by atoms with Crippen LogP contribution in [0, 0.1) is 11.6 Å². The van der Waals surface area contributed by atoms with E-state index in [9.17, 15) is 8.78 Å². The molecule has 17 heavy (non-hydrogen) atoms. The first-order chi connectivity index (χ1) is 8.15. The third-order valence-electron chi connectivity index (χ3n) is 2.21. The lowest BCUT2D eigenvalue weighted by atomic mass is 10.2. The molecule has 0 aliphatic heterocycles. The van der Waals surface area contributed by atoms with Crippen LogP contribution in [0.25, 0.3) is 0 Å². The summed E-state index contributed by atoms with van der Waals surface area (Å²) in [5, 5.41) is 0. The monoisotopic (exact) mass is 251 g/mol. The summed E-state index contributed by atoms with van der Waals surface area (Å²) < 4.78 is 26.4. The number of rotatable bonds is 3. The van der Waals surface area contributed by atoms with Crippen LogP contribution in [0.4, 0.5) is 14.5 Å². The summed E-state index contributed by atoms with van der Waals surface area (Å²) in [5.41, 5.74) is 6.66. The Labute approximate surface area is 103 Å². The van der Waals surface area contributed by atoms with E-state index in [1.54, 1.807) is 24.3 Å². The van der Waals surface area contributed by atoms with Gasteiger partial charge in [0.05, 0.1) is 0 Å². The van der Waals surface area contributed by atoms with Gasteiger partial charge in [0.15, 0.2) is 0 Å². The fraction of sp³-hybridized carbons (Fsp3) is 0.0769. The number of nitrogen functional groups attached to an aromatic ring is 1. The lowest BCUT2D eigenvalue weighted by molar-refractivity contribution is 0.602. The summed E-state index contributed by atoms with van der Waals surface area (Å²) in [6.45, 7) is 0. The van der Waals surface area contributed by atoms with Gasteiger partial charge in [-0.3, -0.25) is 0 Å². The molecule has 0 spiro atoms. The van der Waals surface area contributed by atoms with Crippen LogP contribution < -0.4 is 5.73 Å². The molecule has 1 nitrogen and oxygen atoms in total. The number of benzene rings is 2. The van der Waals surface area contributed by atoms with Gasteiger partial charge in [-0.25, -0.2) is 8.78 Å². The Kier molecular flexibility index (Phi) is 3.64. The fourth-order valence-corrected chi connectivity index (χ4v) is 2.35. The smallest absolute Gasteiger partial charge is 0.136 e. The molecule has 0 aliphatic rings. The molecule has 0 aliphatic carbocycles. The molecular formula is C13H11F2NS. The first-order valence-electron chi connectivity index (χ1n) is 5.07. The summed E-state index contributed by atoms with van der Waals surface area (Å²) >= 11 is 1.32. The highest BCUT2D eigenvalue weighted by atomic mass is 32.2. The van der Waals surface area contributed by atoms with Gasteiger partial charge in [0.25, 0.3) is 0 Å². The second-order valence-electron chi connectivity index (χ2n) is 3.61. The Morgan fingerprint density at radius 2 is 1.82 bits per heavy atom. The van der Waals surface area contributed by atoms with Crippen molar-refractivity contribution < 1.29 is 8.78 Å². The minimum Gasteiger partial charge on any atom is -0.399 e. The minimum atomic E-state index is -0.367. The molecule has 0 saturated carbocycles. The maximum absolute atomic E-state index is 13.3. The Morgan fingerprint density at radius 3 is 2.53 bits per heavy atom. The van der Waals surface area contributed by atoms with E-state index in [2.05, 4.69) is 0 Å². The van der Waals surface area contributed by atoms with Crippen molar-refractivity contribution in [2.24, 2.45) is 0 Å². The van der Waals surface area contributed by atoms with Crippen molar-refractivity contribution in [2.45, 2.75) is 10.6 Å². The molecule has 0 aromatic heterocycles. The maximum atomic E-state index is 13.3. The van der Waals surface area contributed by atoms with E-state index in [1.165, 1.54) is 30.0 Å². The van der Waals surface area contributed by atoms with Crippen molar-refractivity contribution in [3.63, 3.8) is 0 Å². The average molecular weight is 251 g/mol. The Bertz CT molecular complexity index is 508. The van der Waals surface area contributed by atoms with E-state index in [-0.39, 0.29) is 11.6 Å². The molecule has 0 atom stereocenters. The molecule has 0 bridgehead atoms. The number of hydrogen-bond acceptors (Lipinski definition) is 2. The number of hydrogen-bond donors (Lipinski definition) is 1. The Hall–Kier alpha value is -1.55. The lowest BCUT2D eigenvalue weighted by Gasteiger charge is -2.04. The van der Waals surface area contributed by atoms with E-state index < -0.39 is 0 Å². The van der Waals surface area contributed by atoms with Gasteiger partial charge in [-0.2, -0.15) is 0 Å². The molecule has 2 N–H and O–H groups in total. The molecule has 4 heteroatoms. The third-order valence-corrected chi connectivity index (χ3v) is 3.33. The molecule has 0 fully saturated rings. The number of thioether (sulfide) groups is 1. The minimum absolute atomic E-state index is 0.262. The Morgan fingerprint density at radius 1 is 1.06 bits per heavy atom. The van der Waals surface area contributed by atoms with Crippen LogP contribution in [0.5, 0.6) is 0 Å². The van der Waals surface area contributed by atoms with Gasteiger partial charge >= 0.3 is 0 Å². The summed E-state index contributed by atoms with van der Waals surface area (Å²) in [6, 6.07) is 10.9. The highest BCUT2D eigenvalue weighted by molar-refractivity contribution is 7.98. The predicted octanol–water partition coefficient (Wildman–Crippen LogP) is 3.84. The van der Waals surface area contributed by atoms with Crippen LogP contribution >= 0.6 is 11.8 Å². The quantitative estimate of drug-likeness (QED) is 0.662. The van der Waals surface area contributed by atoms with Gasteiger partial charge in [-0.15, -0.1) is 11.8 Å². The molecule has 2 aromatic rings. The fourth-order valence-electron chi connectivity index (χ4n) is 1.48. The van der Waals surface area contributed by atoms with E-state index in [4.69, 9.17) is 5.73 Å². The van der Waals surface area contributed by atoms with Gasteiger partial charge < -0.3 is 5.73 Å². The van der Waals surface area contributed by atoms with Crippen LogP contribution in [-0.4, -0.2) is 0 Å². The van der Waals surface area contributed by atoms with Crippen LogP contribution in [0.1, 0.15) is 5.56 Å². The first kappa shape index (κ1) is 11.9. The van der Waals surface area contributed by atoms with Crippen molar-refractivity contribution in [1.82, 2.24) is 0 Å². The molecule has 88 valence electrons. The van der Waals surface area contributed by atoms with Gasteiger partial charge in [0.1, 0.15) is 11.6 Å². The predicted molar refractivity (Wildman–Crippen MR) is 66.8 cm³/mol. The van der Waals surface area contributed by atoms with Crippen molar-refractivity contribution >= 4 is 17.4 Å². The molecule has 0 amide bonds. The van der Waals surface area contributed by atoms with Gasteiger partial charge in [-0.05, 0) is 35.9 Å². The number of nitrogens with two attached hydrogens (primary N) is 1. The SMILES string of the molecule is Nc1cc(F)cc(CSc2ccccc2F)c1. The first-order valence-corrected chi connectivity index (χ1v) is 6.06. The summed E-state index contributed by atoms with van der Waals surface area (Å²) in [5.74, 6) is -0.140. The van der Waals surface area contributed by atoms with Crippen LogP contribution in [0.15, 0.2) is 47.4 Å². The number of anilines is 1. The van der Waals surface area contributed by atoms with Crippen LogP contribution in [-0.2, 0) is 5.75 Å². The molecule has 2 aromatic carbocycles. The highest BCUT2D eigenvalue weighted by Gasteiger charge is 2.03.